The van der Waals surface area contributed by atoms with E-state index < -0.39 is 0 Å². The highest BCUT2D eigenvalue weighted by Crippen LogP contribution is 2.32. The standard InChI is InChI=1S/C11H24O.C10H20O/c1-6-8(2)10(4)11(5)9(3)7-12;1-5-7(2)10-9(4)8(3)6-11-10/h8-12H,6-7H2,1-5H3;7-10H,5-6H2,1-4H3. The second-order valence-corrected chi connectivity index (χ2v) is 8.28. The quantitative estimate of drug-likeness (QED) is 0.655. The van der Waals surface area contributed by atoms with Gasteiger partial charge in [0.2, 0.25) is 0 Å². The Labute approximate surface area is 146 Å². The Hall–Kier alpha value is -0.0800. The van der Waals surface area contributed by atoms with Crippen molar-refractivity contribution in [2.45, 2.75) is 81.3 Å². The van der Waals surface area contributed by atoms with Gasteiger partial charge in [-0.15, -0.1) is 0 Å². The van der Waals surface area contributed by atoms with E-state index in [4.69, 9.17) is 9.84 Å². The maximum absolute atomic E-state index is 9.01. The van der Waals surface area contributed by atoms with Crippen LogP contribution in [0.25, 0.3) is 0 Å². The van der Waals surface area contributed by atoms with Crippen LogP contribution in [-0.2, 0) is 4.74 Å². The molecule has 0 radical (unpaired) electrons. The van der Waals surface area contributed by atoms with Crippen LogP contribution in [-0.4, -0.2) is 24.4 Å². The molecule has 1 aliphatic heterocycles. The summed E-state index contributed by atoms with van der Waals surface area (Å²) in [6, 6.07) is 0. The first-order chi connectivity index (χ1) is 10.7. The second-order valence-electron chi connectivity index (χ2n) is 8.28. The number of ether oxygens (including phenoxy) is 1. The highest BCUT2D eigenvalue weighted by Gasteiger charge is 2.33. The Morgan fingerprint density at radius 2 is 1.43 bits per heavy atom. The molecule has 2 nitrogen and oxygen atoms in total. The van der Waals surface area contributed by atoms with Gasteiger partial charge in [0.25, 0.3) is 0 Å². The lowest BCUT2D eigenvalue weighted by Crippen LogP contribution is -2.23. The third kappa shape index (κ3) is 7.13. The summed E-state index contributed by atoms with van der Waals surface area (Å²) in [6.45, 7) is 21.6. The van der Waals surface area contributed by atoms with Gasteiger partial charge in [-0.1, -0.05) is 75.2 Å². The van der Waals surface area contributed by atoms with Gasteiger partial charge in [-0.05, 0) is 41.4 Å². The first kappa shape index (κ1) is 22.9. The number of aliphatic hydroxyl groups is 1. The van der Waals surface area contributed by atoms with Crippen LogP contribution in [0.15, 0.2) is 0 Å². The van der Waals surface area contributed by atoms with Gasteiger partial charge in [-0.25, -0.2) is 0 Å². The zero-order valence-corrected chi connectivity index (χ0v) is 17.3. The SMILES string of the molecule is CCC(C)C(C)C(C)C(C)CO.CCC(C)C1OCC(C)C1C. The van der Waals surface area contributed by atoms with Crippen molar-refractivity contribution in [2.75, 3.05) is 13.2 Å². The molecule has 1 N–H and O–H groups in total. The minimum atomic E-state index is 0.321. The van der Waals surface area contributed by atoms with Crippen molar-refractivity contribution in [3.05, 3.63) is 0 Å². The molecular weight excluding hydrogens is 284 g/mol. The maximum Gasteiger partial charge on any atom is 0.0629 e. The predicted octanol–water partition coefficient (Wildman–Crippen LogP) is 5.64. The number of hydrogen-bond donors (Lipinski definition) is 1. The average Bonchev–Trinajstić information content (AvgIpc) is 2.91. The Kier molecular flexibility index (Phi) is 11.4. The van der Waals surface area contributed by atoms with E-state index >= 15 is 0 Å². The smallest absolute Gasteiger partial charge is 0.0629 e. The Morgan fingerprint density at radius 3 is 1.78 bits per heavy atom. The van der Waals surface area contributed by atoms with Crippen molar-refractivity contribution in [2.24, 2.45) is 41.4 Å². The van der Waals surface area contributed by atoms with Gasteiger partial charge in [-0.3, -0.25) is 0 Å². The number of rotatable bonds is 7. The molecule has 8 atom stereocenters. The summed E-state index contributed by atoms with van der Waals surface area (Å²) >= 11 is 0. The van der Waals surface area contributed by atoms with Crippen molar-refractivity contribution < 1.29 is 9.84 Å². The molecule has 1 aliphatic rings. The molecule has 8 unspecified atom stereocenters. The van der Waals surface area contributed by atoms with E-state index in [1.807, 2.05) is 0 Å². The Balaban J connectivity index is 0.000000422. The highest BCUT2D eigenvalue weighted by molar-refractivity contribution is 4.81. The van der Waals surface area contributed by atoms with Crippen LogP contribution < -0.4 is 0 Å². The molecule has 1 saturated heterocycles. The predicted molar refractivity (Wildman–Crippen MR) is 102 cm³/mol. The van der Waals surface area contributed by atoms with E-state index in [2.05, 4.69) is 62.3 Å². The zero-order valence-electron chi connectivity index (χ0n) is 17.3. The van der Waals surface area contributed by atoms with Gasteiger partial charge in [0.15, 0.2) is 0 Å². The van der Waals surface area contributed by atoms with Crippen LogP contribution in [0.1, 0.15) is 75.2 Å². The van der Waals surface area contributed by atoms with Gasteiger partial charge in [0.05, 0.1) is 6.10 Å². The monoisotopic (exact) mass is 328 g/mol. The largest absolute Gasteiger partial charge is 0.396 e. The van der Waals surface area contributed by atoms with Crippen LogP contribution in [0, 0.1) is 41.4 Å². The minimum Gasteiger partial charge on any atom is -0.396 e. The van der Waals surface area contributed by atoms with E-state index in [1.165, 1.54) is 12.8 Å². The van der Waals surface area contributed by atoms with E-state index in [0.717, 1.165) is 36.2 Å². The fourth-order valence-corrected chi connectivity index (χ4v) is 3.38. The molecule has 0 bridgehead atoms. The van der Waals surface area contributed by atoms with Crippen molar-refractivity contribution in [1.29, 1.82) is 0 Å². The van der Waals surface area contributed by atoms with E-state index in [-0.39, 0.29) is 0 Å². The molecule has 0 spiro atoms. The van der Waals surface area contributed by atoms with Gasteiger partial charge in [0, 0.05) is 13.2 Å². The lowest BCUT2D eigenvalue weighted by Gasteiger charge is -2.29. The van der Waals surface area contributed by atoms with Crippen molar-refractivity contribution in [3.8, 4) is 0 Å². The molecule has 1 rings (SSSR count). The first-order valence-corrected chi connectivity index (χ1v) is 9.93. The number of hydrogen-bond acceptors (Lipinski definition) is 2. The summed E-state index contributed by atoms with van der Waals surface area (Å²) in [5, 5.41) is 9.01. The van der Waals surface area contributed by atoms with E-state index in [1.54, 1.807) is 0 Å². The van der Waals surface area contributed by atoms with Crippen molar-refractivity contribution in [3.63, 3.8) is 0 Å². The second kappa shape index (κ2) is 11.5. The molecule has 1 fully saturated rings. The number of aliphatic hydroxyl groups excluding tert-OH is 1. The van der Waals surface area contributed by atoms with Crippen molar-refractivity contribution in [1.82, 2.24) is 0 Å². The molecule has 0 aromatic rings. The molecule has 23 heavy (non-hydrogen) atoms. The average molecular weight is 329 g/mol. The summed E-state index contributed by atoms with van der Waals surface area (Å²) in [7, 11) is 0. The lowest BCUT2D eigenvalue weighted by atomic mass is 9.78. The van der Waals surface area contributed by atoms with Crippen molar-refractivity contribution >= 4 is 0 Å². The minimum absolute atomic E-state index is 0.321. The van der Waals surface area contributed by atoms with Gasteiger partial charge >= 0.3 is 0 Å². The molecule has 0 aromatic carbocycles. The molecular formula is C21H44O2. The van der Waals surface area contributed by atoms with Crippen LogP contribution >= 0.6 is 0 Å². The highest BCUT2D eigenvalue weighted by atomic mass is 16.5. The van der Waals surface area contributed by atoms with Gasteiger partial charge in [-0.2, -0.15) is 0 Å². The van der Waals surface area contributed by atoms with Crippen LogP contribution in [0.2, 0.25) is 0 Å². The molecule has 0 aromatic heterocycles. The molecule has 2 heteroatoms. The Morgan fingerprint density at radius 1 is 0.913 bits per heavy atom. The van der Waals surface area contributed by atoms with Gasteiger partial charge in [0.1, 0.15) is 0 Å². The first-order valence-electron chi connectivity index (χ1n) is 9.93. The third-order valence-electron chi connectivity index (χ3n) is 6.73. The third-order valence-corrected chi connectivity index (χ3v) is 6.73. The summed E-state index contributed by atoms with van der Waals surface area (Å²) in [5.41, 5.74) is 0. The van der Waals surface area contributed by atoms with Crippen LogP contribution in [0.4, 0.5) is 0 Å². The summed E-state index contributed by atoms with van der Waals surface area (Å²) in [5.74, 6) is 4.80. The maximum atomic E-state index is 9.01. The fraction of sp³-hybridized carbons (Fsp3) is 1.00. The molecule has 0 amide bonds. The molecule has 140 valence electrons. The molecule has 0 saturated carbocycles. The Bertz CT molecular complexity index is 278. The summed E-state index contributed by atoms with van der Waals surface area (Å²) in [4.78, 5) is 0. The fourth-order valence-electron chi connectivity index (χ4n) is 3.38. The molecule has 1 heterocycles. The molecule has 0 aliphatic carbocycles. The lowest BCUT2D eigenvalue weighted by molar-refractivity contribution is 0.0499. The van der Waals surface area contributed by atoms with Crippen LogP contribution in [0.5, 0.6) is 0 Å². The van der Waals surface area contributed by atoms with Gasteiger partial charge < -0.3 is 9.84 Å². The van der Waals surface area contributed by atoms with E-state index in [9.17, 15) is 0 Å². The normalized spacial score (nSPS) is 30.8. The van der Waals surface area contributed by atoms with Crippen LogP contribution in [0.3, 0.4) is 0 Å². The van der Waals surface area contributed by atoms with E-state index in [0.29, 0.717) is 24.5 Å². The summed E-state index contributed by atoms with van der Waals surface area (Å²) in [6.07, 6.45) is 3.00. The topological polar surface area (TPSA) is 29.5 Å². The zero-order chi connectivity index (χ0) is 18.2. The summed E-state index contributed by atoms with van der Waals surface area (Å²) < 4.78 is 5.73.